The molecule has 4 aromatic heterocycles. The first-order valence-corrected chi connectivity index (χ1v) is 37.8. The van der Waals surface area contributed by atoms with Gasteiger partial charge in [-0.05, 0) is 186 Å². The molecule has 0 aliphatic rings. The molecule has 0 aliphatic heterocycles. The van der Waals surface area contributed by atoms with Gasteiger partial charge in [0.2, 0.25) is 0 Å². The van der Waals surface area contributed by atoms with E-state index in [2.05, 4.69) is 419 Å². The third-order valence-corrected chi connectivity index (χ3v) is 22.8. The van der Waals surface area contributed by atoms with Crippen molar-refractivity contribution in [1.82, 2.24) is 18.3 Å². The second kappa shape index (κ2) is 26.4. The second-order valence-electron chi connectivity index (χ2n) is 28.9. The van der Waals surface area contributed by atoms with Gasteiger partial charge in [-0.2, -0.15) is 10.5 Å². The third-order valence-electron chi connectivity index (χ3n) is 22.8. The SMILES string of the molecule is N#Cc1c(Cn2c3ccc(-c4ccccc4)cc3c3cc(-c4ccccc4)ccc32)c(-n2c3ccc(-c4ccccc4)cc3c3cc(-c4ccccc4)ccc32)c(C#N)c(-n2c3ccc(-c4ccccc4)cc3c3cc(-c4ccccc4)ccc32)c1-n1c2ccc(-c3ccccc3)cc2c2cc(-c3ccccc3)ccc21. The van der Waals surface area contributed by atoms with Crippen molar-refractivity contribution in [1.29, 1.82) is 10.5 Å². The van der Waals surface area contributed by atoms with E-state index in [0.717, 1.165) is 176 Å². The summed E-state index contributed by atoms with van der Waals surface area (Å²) in [5.41, 5.74) is 27.8. The number of nitriles is 2. The number of hydrogen-bond donors (Lipinski definition) is 0. The minimum absolute atomic E-state index is 0.169. The van der Waals surface area contributed by atoms with E-state index in [9.17, 15) is 10.5 Å². The molecular formula is C105H66N6. The maximum Gasteiger partial charge on any atom is 0.104 e. The van der Waals surface area contributed by atoms with Crippen LogP contribution in [0.25, 0.3) is 193 Å². The zero-order valence-electron chi connectivity index (χ0n) is 60.3. The van der Waals surface area contributed by atoms with Crippen LogP contribution >= 0.6 is 0 Å². The van der Waals surface area contributed by atoms with Crippen LogP contribution in [0.5, 0.6) is 0 Å². The Morgan fingerprint density at radius 3 is 0.568 bits per heavy atom. The average Bonchev–Trinajstić information content (AvgIpc) is 1.57. The predicted octanol–water partition coefficient (Wildman–Crippen LogP) is 27.2. The number of benzene rings is 17. The van der Waals surface area contributed by atoms with E-state index in [-0.39, 0.29) is 6.54 Å². The molecule has 0 unspecified atom stereocenters. The summed E-state index contributed by atoms with van der Waals surface area (Å²) >= 11 is 0. The Kier molecular flexibility index (Phi) is 15.3. The number of aromatic nitrogens is 4. The zero-order chi connectivity index (χ0) is 73.6. The van der Waals surface area contributed by atoms with E-state index in [1.807, 2.05) is 0 Å². The molecule has 17 aromatic carbocycles. The van der Waals surface area contributed by atoms with Gasteiger partial charge < -0.3 is 18.3 Å². The minimum Gasteiger partial charge on any atom is -0.336 e. The van der Waals surface area contributed by atoms with Crippen LogP contribution in [0, 0.1) is 22.7 Å². The molecular weight excluding hydrogens is 1350 g/mol. The largest absolute Gasteiger partial charge is 0.336 e. The van der Waals surface area contributed by atoms with Crippen molar-refractivity contribution in [3.05, 3.63) is 405 Å². The highest BCUT2D eigenvalue weighted by Crippen LogP contribution is 2.50. The van der Waals surface area contributed by atoms with Crippen LogP contribution < -0.4 is 0 Å². The van der Waals surface area contributed by atoms with Crippen molar-refractivity contribution in [2.45, 2.75) is 6.54 Å². The molecule has 0 radical (unpaired) electrons. The van der Waals surface area contributed by atoms with Gasteiger partial charge in [0.05, 0.1) is 62.3 Å². The number of rotatable bonds is 13. The molecule has 0 aliphatic carbocycles. The standard InChI is InChI=1S/C105H66N6/c106-65-92-94(67-108-95-49-41-76(68-25-9-1-10-26-68)57-84(95)85-58-77(42-50-96(85)108)69-27-11-2-12-28-69)103(109-97-51-43-78(70-29-13-3-14-30-70)59-86(97)87-60-79(44-52-98(87)109)71-31-15-4-16-32-71)93(66-107)105(111-101-55-47-82(74-37-21-7-22-38-74)63-90(101)91-64-83(48-56-102(91)111)75-39-23-8-24-40-75)104(92)110-99-53-45-80(72-33-17-5-18-34-72)61-88(99)89-62-81(46-54-100(89)110)73-35-19-6-20-36-73/h1-64H,67H2. The molecule has 21 aromatic rings. The third kappa shape index (κ3) is 10.7. The van der Waals surface area contributed by atoms with Crippen LogP contribution in [0.3, 0.4) is 0 Å². The van der Waals surface area contributed by atoms with Gasteiger partial charge in [-0.1, -0.05) is 291 Å². The molecule has 0 N–H and O–H groups in total. The highest BCUT2D eigenvalue weighted by molar-refractivity contribution is 6.17. The Labute approximate surface area is 641 Å². The molecule has 21 rings (SSSR count). The van der Waals surface area contributed by atoms with Crippen LogP contribution in [0.4, 0.5) is 0 Å². The fourth-order valence-corrected chi connectivity index (χ4v) is 17.5. The molecule has 0 fully saturated rings. The first-order valence-electron chi connectivity index (χ1n) is 37.8. The summed E-state index contributed by atoms with van der Waals surface area (Å²) in [5, 5.41) is 35.3. The van der Waals surface area contributed by atoms with Gasteiger partial charge >= 0.3 is 0 Å². The summed E-state index contributed by atoms with van der Waals surface area (Å²) in [5.74, 6) is 0. The lowest BCUT2D eigenvalue weighted by Crippen LogP contribution is -2.17. The number of hydrogen-bond acceptors (Lipinski definition) is 2. The normalized spacial score (nSPS) is 11.6. The van der Waals surface area contributed by atoms with E-state index < -0.39 is 0 Å². The lowest BCUT2D eigenvalue weighted by molar-refractivity contribution is 0.851. The van der Waals surface area contributed by atoms with E-state index in [4.69, 9.17) is 0 Å². The first kappa shape index (κ1) is 64.3. The van der Waals surface area contributed by atoms with Crippen LogP contribution in [-0.4, -0.2) is 18.3 Å². The van der Waals surface area contributed by atoms with Crippen molar-refractivity contribution in [2.24, 2.45) is 0 Å². The lowest BCUT2D eigenvalue weighted by atomic mass is 9.94. The van der Waals surface area contributed by atoms with Gasteiger partial charge in [0, 0.05) is 59.7 Å². The summed E-state index contributed by atoms with van der Waals surface area (Å²) in [4.78, 5) is 0. The maximum atomic E-state index is 13.6. The fraction of sp³-hybridized carbons (Fsp3) is 0.00952. The van der Waals surface area contributed by atoms with Crippen LogP contribution in [-0.2, 0) is 6.54 Å². The molecule has 0 saturated heterocycles. The van der Waals surface area contributed by atoms with Crippen molar-refractivity contribution < 1.29 is 0 Å². The highest BCUT2D eigenvalue weighted by Gasteiger charge is 2.34. The first-order chi connectivity index (χ1) is 55.0. The second-order valence-corrected chi connectivity index (χ2v) is 28.9. The maximum absolute atomic E-state index is 13.6. The monoisotopic (exact) mass is 1410 g/mol. The van der Waals surface area contributed by atoms with E-state index in [1.165, 1.54) is 0 Å². The molecule has 0 atom stereocenters. The van der Waals surface area contributed by atoms with Gasteiger partial charge in [-0.25, -0.2) is 0 Å². The molecule has 0 saturated carbocycles. The van der Waals surface area contributed by atoms with E-state index >= 15 is 0 Å². The fourth-order valence-electron chi connectivity index (χ4n) is 17.5. The van der Waals surface area contributed by atoms with Crippen molar-refractivity contribution in [2.75, 3.05) is 0 Å². The van der Waals surface area contributed by atoms with Crippen molar-refractivity contribution in [3.8, 4) is 118 Å². The Morgan fingerprint density at radius 2 is 0.360 bits per heavy atom. The summed E-state index contributed by atoms with van der Waals surface area (Å²) in [7, 11) is 0. The van der Waals surface area contributed by atoms with Gasteiger partial charge in [-0.15, -0.1) is 0 Å². The van der Waals surface area contributed by atoms with E-state index in [0.29, 0.717) is 33.8 Å². The van der Waals surface area contributed by atoms with Crippen LogP contribution in [0.15, 0.2) is 388 Å². The summed E-state index contributed by atoms with van der Waals surface area (Å²) in [6.45, 7) is 0.169. The Balaban J connectivity index is 0.966. The van der Waals surface area contributed by atoms with Gasteiger partial charge in [-0.3, -0.25) is 0 Å². The van der Waals surface area contributed by atoms with Crippen molar-refractivity contribution in [3.63, 3.8) is 0 Å². The summed E-state index contributed by atoms with van der Waals surface area (Å²) in [6.07, 6.45) is 0. The summed E-state index contributed by atoms with van der Waals surface area (Å²) < 4.78 is 9.41. The van der Waals surface area contributed by atoms with Crippen LogP contribution in [0.1, 0.15) is 16.7 Å². The molecule has 0 amide bonds. The molecule has 6 heteroatoms. The topological polar surface area (TPSA) is 67.3 Å². The molecule has 0 spiro atoms. The zero-order valence-corrected chi connectivity index (χ0v) is 60.3. The number of nitrogens with zero attached hydrogens (tertiary/aromatic N) is 6. The smallest absolute Gasteiger partial charge is 0.104 e. The molecule has 6 nitrogen and oxygen atoms in total. The summed E-state index contributed by atoms with van der Waals surface area (Å²) in [6, 6.07) is 145. The predicted molar refractivity (Wildman–Crippen MR) is 461 cm³/mol. The van der Waals surface area contributed by atoms with Gasteiger partial charge in [0.1, 0.15) is 17.7 Å². The van der Waals surface area contributed by atoms with E-state index in [1.54, 1.807) is 0 Å². The van der Waals surface area contributed by atoms with Gasteiger partial charge in [0.15, 0.2) is 0 Å². The average molecular weight is 1410 g/mol. The van der Waals surface area contributed by atoms with Crippen LogP contribution in [0.2, 0.25) is 0 Å². The van der Waals surface area contributed by atoms with Gasteiger partial charge in [0.25, 0.3) is 0 Å². The molecule has 111 heavy (non-hydrogen) atoms. The number of fused-ring (bicyclic) bond motifs is 12. The lowest BCUT2D eigenvalue weighted by Gasteiger charge is -2.26. The Bertz CT molecular complexity index is 6980. The molecule has 516 valence electrons. The van der Waals surface area contributed by atoms with Crippen molar-refractivity contribution >= 4 is 87.2 Å². The highest BCUT2D eigenvalue weighted by atomic mass is 15.1. The Hall–Kier alpha value is -15.1. The quantitative estimate of drug-likeness (QED) is 0.115. The molecule has 4 heterocycles. The Morgan fingerprint density at radius 1 is 0.180 bits per heavy atom. The minimum atomic E-state index is 0.169. The molecule has 0 bridgehead atoms.